The molecule has 4 aromatic carbocycles. The fraction of sp³-hybridized carbons (Fsp3) is 0.222. The summed E-state index contributed by atoms with van der Waals surface area (Å²) in [6.45, 7) is 2.63. The molecule has 1 aliphatic heterocycles. The number of imide groups is 1. The summed E-state index contributed by atoms with van der Waals surface area (Å²) < 4.78 is 5.73. The molecule has 7 heteroatoms. The van der Waals surface area contributed by atoms with E-state index in [9.17, 15) is 14.4 Å². The molecule has 0 radical (unpaired) electrons. The van der Waals surface area contributed by atoms with Crippen LogP contribution in [0.4, 0.5) is 5.69 Å². The van der Waals surface area contributed by atoms with E-state index in [2.05, 4.69) is 10.5 Å². The van der Waals surface area contributed by atoms with Crippen molar-refractivity contribution in [2.45, 2.75) is 31.1 Å². The Hall–Kier alpha value is -5.04. The van der Waals surface area contributed by atoms with Gasteiger partial charge in [0.15, 0.2) is 0 Å². The number of hydrazone groups is 1. The number of amides is 3. The first kappa shape index (κ1) is 26.8. The number of hydrogen-bond acceptors (Lipinski definition) is 5. The Morgan fingerprint density at radius 2 is 1.49 bits per heavy atom. The molecule has 1 saturated heterocycles. The number of benzene rings is 4. The van der Waals surface area contributed by atoms with Gasteiger partial charge in [0, 0.05) is 12.1 Å². The summed E-state index contributed by atoms with van der Waals surface area (Å²) in [6.07, 6.45) is 2.75. The molecule has 3 aliphatic carbocycles. The van der Waals surface area contributed by atoms with Crippen LogP contribution in [0.2, 0.25) is 0 Å². The lowest BCUT2D eigenvalue weighted by atomic mass is 9.47. The van der Waals surface area contributed by atoms with E-state index in [0.717, 1.165) is 34.2 Å². The Balaban J connectivity index is 1.31. The number of ether oxygens (including phenoxy) is 1. The topological polar surface area (TPSA) is 88.1 Å². The van der Waals surface area contributed by atoms with Gasteiger partial charge in [0.05, 0.1) is 36.0 Å². The molecule has 8 rings (SSSR count). The second-order valence-corrected chi connectivity index (χ2v) is 11.3. The van der Waals surface area contributed by atoms with Crippen molar-refractivity contribution in [3.63, 3.8) is 0 Å². The Morgan fingerprint density at radius 1 is 0.860 bits per heavy atom. The van der Waals surface area contributed by atoms with Crippen LogP contribution in [-0.4, -0.2) is 30.5 Å². The summed E-state index contributed by atoms with van der Waals surface area (Å²) >= 11 is 0. The number of nitrogens with one attached hydrogen (secondary N) is 1. The van der Waals surface area contributed by atoms with Crippen molar-refractivity contribution in [2.24, 2.45) is 16.9 Å². The van der Waals surface area contributed by atoms with Gasteiger partial charge in [0.2, 0.25) is 17.7 Å². The molecule has 0 unspecified atom stereocenters. The van der Waals surface area contributed by atoms with Gasteiger partial charge >= 0.3 is 0 Å². The van der Waals surface area contributed by atoms with Crippen LogP contribution in [0, 0.1) is 11.8 Å². The van der Waals surface area contributed by atoms with Crippen molar-refractivity contribution in [2.75, 3.05) is 11.5 Å². The maximum atomic E-state index is 14.5. The fourth-order valence-electron chi connectivity index (χ4n) is 7.24. The second-order valence-electron chi connectivity index (χ2n) is 11.3. The molecule has 4 aliphatic rings. The maximum absolute atomic E-state index is 14.5. The standard InChI is InChI=1S/C36H31N3O4/c1-2-20-43-25-18-16-24(17-19-25)39-34(41)32-31-26-12-6-8-14-28(26)36(33(32)35(39)42,29-15-9-7-13-27(29)31)22-37-38-30(40)21-23-10-4-3-5-11-23/h3-19,22,31-33H,2,20-21H2,1H3,(H,38,40)/b37-22-/t31?,32-,33-,36?/m0/s1. The first-order valence-electron chi connectivity index (χ1n) is 14.7. The van der Waals surface area contributed by atoms with Crippen LogP contribution in [0.1, 0.15) is 47.1 Å². The Kier molecular flexibility index (Phi) is 6.65. The van der Waals surface area contributed by atoms with E-state index in [4.69, 9.17) is 4.74 Å². The van der Waals surface area contributed by atoms with E-state index in [-0.39, 0.29) is 30.1 Å². The number of carbonyl (C=O) groups excluding carboxylic acids is 3. The van der Waals surface area contributed by atoms with E-state index >= 15 is 0 Å². The monoisotopic (exact) mass is 569 g/mol. The minimum atomic E-state index is -1.04. The molecule has 0 spiro atoms. The molecule has 1 N–H and O–H groups in total. The zero-order chi connectivity index (χ0) is 29.6. The summed E-state index contributed by atoms with van der Waals surface area (Å²) in [7, 11) is 0. The van der Waals surface area contributed by atoms with Crippen LogP contribution in [0.3, 0.4) is 0 Å². The van der Waals surface area contributed by atoms with Crippen LogP contribution in [0.5, 0.6) is 5.75 Å². The van der Waals surface area contributed by atoms with Crippen LogP contribution in [-0.2, 0) is 26.2 Å². The molecule has 2 bridgehead atoms. The van der Waals surface area contributed by atoms with Gasteiger partial charge < -0.3 is 4.74 Å². The van der Waals surface area contributed by atoms with Crippen molar-refractivity contribution in [1.82, 2.24) is 5.43 Å². The van der Waals surface area contributed by atoms with Gasteiger partial charge in [-0.15, -0.1) is 0 Å². The fourth-order valence-corrected chi connectivity index (χ4v) is 7.24. The molecule has 4 aromatic rings. The van der Waals surface area contributed by atoms with Crippen molar-refractivity contribution in [3.8, 4) is 5.75 Å². The number of hydrogen-bond donors (Lipinski definition) is 1. The van der Waals surface area contributed by atoms with Crippen molar-refractivity contribution in [3.05, 3.63) is 131 Å². The zero-order valence-electron chi connectivity index (χ0n) is 23.8. The highest BCUT2D eigenvalue weighted by molar-refractivity contribution is 6.25. The lowest BCUT2D eigenvalue weighted by molar-refractivity contribution is -0.123. The SMILES string of the molecule is CCCOc1ccc(N2C(=O)[C@@H]3[C@@H](C2=O)C2c4ccccc4C3(/C=N\NC(=O)Cc3ccccc3)c3ccccc32)cc1. The molecule has 1 heterocycles. The molecular weight excluding hydrogens is 538 g/mol. The van der Waals surface area contributed by atoms with Crippen LogP contribution >= 0.6 is 0 Å². The van der Waals surface area contributed by atoms with E-state index < -0.39 is 17.3 Å². The molecule has 3 amide bonds. The van der Waals surface area contributed by atoms with Gasteiger partial charge in [-0.3, -0.25) is 14.4 Å². The highest BCUT2D eigenvalue weighted by Gasteiger charge is 2.68. The van der Waals surface area contributed by atoms with Gasteiger partial charge in [0.1, 0.15) is 5.75 Å². The Bertz CT molecular complexity index is 1700. The number of rotatable bonds is 8. The number of nitrogens with zero attached hydrogens (tertiary/aromatic N) is 2. The van der Waals surface area contributed by atoms with E-state index in [1.54, 1.807) is 30.5 Å². The largest absolute Gasteiger partial charge is 0.494 e. The zero-order valence-corrected chi connectivity index (χ0v) is 23.8. The lowest BCUT2D eigenvalue weighted by Gasteiger charge is -2.52. The predicted octanol–water partition coefficient (Wildman–Crippen LogP) is 5.37. The first-order valence-corrected chi connectivity index (χ1v) is 14.7. The summed E-state index contributed by atoms with van der Waals surface area (Å²) in [5.41, 5.74) is 6.94. The van der Waals surface area contributed by atoms with Crippen LogP contribution < -0.4 is 15.1 Å². The molecular formula is C36H31N3O4. The molecule has 0 saturated carbocycles. The quantitative estimate of drug-likeness (QED) is 0.176. The van der Waals surface area contributed by atoms with Crippen LogP contribution in [0.25, 0.3) is 0 Å². The van der Waals surface area contributed by atoms with Gasteiger partial charge in [0.25, 0.3) is 0 Å². The summed E-state index contributed by atoms with van der Waals surface area (Å²) in [4.78, 5) is 43.0. The predicted molar refractivity (Wildman–Crippen MR) is 164 cm³/mol. The van der Waals surface area contributed by atoms with E-state index in [0.29, 0.717) is 18.0 Å². The Labute approximate surface area is 250 Å². The highest BCUT2D eigenvalue weighted by Crippen LogP contribution is 2.63. The van der Waals surface area contributed by atoms with Gasteiger partial charge in [-0.05, 0) is 58.5 Å². The summed E-state index contributed by atoms with van der Waals surface area (Å²) in [5.74, 6) is -1.67. The summed E-state index contributed by atoms with van der Waals surface area (Å²) in [5, 5.41) is 4.49. The van der Waals surface area contributed by atoms with Gasteiger partial charge in [-0.2, -0.15) is 5.10 Å². The molecule has 1 fully saturated rings. The molecule has 0 aromatic heterocycles. The normalized spacial score (nSPS) is 23.2. The highest BCUT2D eigenvalue weighted by atomic mass is 16.5. The van der Waals surface area contributed by atoms with Crippen molar-refractivity contribution >= 4 is 29.6 Å². The molecule has 2 atom stereocenters. The number of carbonyl (C=O) groups is 3. The van der Waals surface area contributed by atoms with Gasteiger partial charge in [-0.25, -0.2) is 10.3 Å². The average Bonchev–Trinajstić information content (AvgIpc) is 3.31. The van der Waals surface area contributed by atoms with Crippen molar-refractivity contribution in [1.29, 1.82) is 0 Å². The smallest absolute Gasteiger partial charge is 0.244 e. The summed E-state index contributed by atoms with van der Waals surface area (Å²) in [6, 6.07) is 32.6. The molecule has 214 valence electrons. The first-order chi connectivity index (χ1) is 21.0. The third-order valence-corrected chi connectivity index (χ3v) is 8.92. The third kappa shape index (κ3) is 4.18. The van der Waals surface area contributed by atoms with Crippen LogP contribution in [0.15, 0.2) is 108 Å². The minimum Gasteiger partial charge on any atom is -0.494 e. The lowest BCUT2D eigenvalue weighted by Crippen LogP contribution is -2.54. The van der Waals surface area contributed by atoms with Crippen molar-refractivity contribution < 1.29 is 19.1 Å². The molecule has 43 heavy (non-hydrogen) atoms. The van der Waals surface area contributed by atoms with E-state index in [1.807, 2.05) is 85.8 Å². The average molecular weight is 570 g/mol. The number of anilines is 1. The Morgan fingerprint density at radius 3 is 2.14 bits per heavy atom. The minimum absolute atomic E-state index is 0.176. The van der Waals surface area contributed by atoms with E-state index in [1.165, 1.54) is 4.90 Å². The molecule has 7 nitrogen and oxygen atoms in total. The second kappa shape index (κ2) is 10.7. The maximum Gasteiger partial charge on any atom is 0.244 e. The van der Waals surface area contributed by atoms with Gasteiger partial charge in [-0.1, -0.05) is 85.8 Å². The third-order valence-electron chi connectivity index (χ3n) is 8.92.